The summed E-state index contributed by atoms with van der Waals surface area (Å²) in [5, 5.41) is 0. The van der Waals surface area contributed by atoms with Gasteiger partial charge in [0, 0.05) is 7.11 Å². The maximum absolute atomic E-state index is 5.76. The first-order valence-electron chi connectivity index (χ1n) is 4.46. The number of ether oxygens (including phenoxy) is 1. The minimum atomic E-state index is -0.910. The van der Waals surface area contributed by atoms with Crippen LogP contribution in [0.5, 0.6) is 0 Å². The molecule has 68 valence electrons. The third kappa shape index (κ3) is 4.56. The van der Waals surface area contributed by atoms with E-state index in [4.69, 9.17) is 9.16 Å². The zero-order valence-electron chi connectivity index (χ0n) is 8.09. The molecule has 0 heterocycles. The molecule has 0 saturated heterocycles. The van der Waals surface area contributed by atoms with E-state index in [0.29, 0.717) is 0 Å². The molecule has 0 rings (SSSR count). The Morgan fingerprint density at radius 3 is 2.00 bits per heavy atom. The second-order valence-electron chi connectivity index (χ2n) is 2.65. The fourth-order valence-electron chi connectivity index (χ4n) is 1.01. The number of hydrogen-bond acceptors (Lipinski definition) is 2. The van der Waals surface area contributed by atoms with Crippen LogP contribution >= 0.6 is 0 Å². The average molecular weight is 176 g/mol. The van der Waals surface area contributed by atoms with Crippen LogP contribution in [0.2, 0.25) is 12.1 Å². The van der Waals surface area contributed by atoms with Crippen LogP contribution in [0, 0.1) is 0 Å². The predicted octanol–water partition coefficient (Wildman–Crippen LogP) is 2.15. The van der Waals surface area contributed by atoms with Crippen molar-refractivity contribution in [3.05, 3.63) is 0 Å². The lowest BCUT2D eigenvalue weighted by atomic mass is 10.5. The van der Waals surface area contributed by atoms with Crippen LogP contribution in [0.1, 0.15) is 27.2 Å². The molecule has 0 aromatic rings. The van der Waals surface area contributed by atoms with Crippen LogP contribution in [-0.4, -0.2) is 22.4 Å². The van der Waals surface area contributed by atoms with Crippen molar-refractivity contribution in [1.29, 1.82) is 0 Å². The molecule has 0 radical (unpaired) electrons. The highest BCUT2D eigenvalue weighted by Gasteiger charge is 2.12. The largest absolute Gasteiger partial charge is 0.396 e. The second-order valence-corrected chi connectivity index (χ2v) is 5.80. The highest BCUT2D eigenvalue weighted by molar-refractivity contribution is 6.51. The molecule has 0 aromatic carbocycles. The normalized spacial score (nSPS) is 13.9. The van der Waals surface area contributed by atoms with Crippen LogP contribution in [-0.2, 0) is 9.16 Å². The van der Waals surface area contributed by atoms with Gasteiger partial charge in [0.25, 0.3) is 0 Å². The summed E-state index contributed by atoms with van der Waals surface area (Å²) in [6.07, 6.45) is 1.01. The summed E-state index contributed by atoms with van der Waals surface area (Å²) in [6, 6.07) is 2.41. The Labute approximate surface area is 71.6 Å². The van der Waals surface area contributed by atoms with Crippen LogP contribution in [0.15, 0.2) is 0 Å². The molecule has 0 aliphatic carbocycles. The Morgan fingerprint density at radius 2 is 1.73 bits per heavy atom. The molecule has 1 atom stereocenters. The molecule has 0 N–H and O–H groups in total. The summed E-state index contributed by atoms with van der Waals surface area (Å²) in [7, 11) is 0.803. The molecule has 1 unspecified atom stereocenters. The van der Waals surface area contributed by atoms with Crippen molar-refractivity contribution in [2.24, 2.45) is 0 Å². The molecule has 0 aromatic heterocycles. The maximum atomic E-state index is 5.76. The van der Waals surface area contributed by atoms with Crippen LogP contribution in [0.25, 0.3) is 0 Å². The van der Waals surface area contributed by atoms with Crippen molar-refractivity contribution in [1.82, 2.24) is 0 Å². The maximum Gasteiger partial charge on any atom is 0.179 e. The van der Waals surface area contributed by atoms with E-state index in [0.717, 1.165) is 6.42 Å². The van der Waals surface area contributed by atoms with Gasteiger partial charge in [0.1, 0.15) is 6.29 Å². The van der Waals surface area contributed by atoms with E-state index in [-0.39, 0.29) is 6.29 Å². The lowest BCUT2D eigenvalue weighted by Gasteiger charge is -2.19. The number of hydrogen-bond donors (Lipinski definition) is 0. The molecule has 0 saturated carbocycles. The third-order valence-electron chi connectivity index (χ3n) is 1.85. The van der Waals surface area contributed by atoms with E-state index < -0.39 is 9.04 Å². The molecule has 0 aliphatic rings. The molecule has 0 amide bonds. The van der Waals surface area contributed by atoms with E-state index in [2.05, 4.69) is 20.8 Å². The van der Waals surface area contributed by atoms with E-state index in [9.17, 15) is 0 Å². The summed E-state index contributed by atoms with van der Waals surface area (Å²) in [6.45, 7) is 6.48. The summed E-state index contributed by atoms with van der Waals surface area (Å²) in [5.41, 5.74) is 0. The van der Waals surface area contributed by atoms with Gasteiger partial charge in [-0.3, -0.25) is 0 Å². The summed E-state index contributed by atoms with van der Waals surface area (Å²) < 4.78 is 10.9. The molecule has 11 heavy (non-hydrogen) atoms. The van der Waals surface area contributed by atoms with E-state index in [1.54, 1.807) is 7.11 Å². The van der Waals surface area contributed by atoms with Crippen molar-refractivity contribution in [2.75, 3.05) is 7.11 Å². The number of rotatable bonds is 6. The van der Waals surface area contributed by atoms with Gasteiger partial charge in [0.05, 0.1) is 0 Å². The van der Waals surface area contributed by atoms with Gasteiger partial charge in [-0.2, -0.15) is 0 Å². The van der Waals surface area contributed by atoms with E-state index in [1.807, 2.05) is 0 Å². The monoisotopic (exact) mass is 176 g/mol. The van der Waals surface area contributed by atoms with Crippen molar-refractivity contribution in [3.8, 4) is 0 Å². The summed E-state index contributed by atoms with van der Waals surface area (Å²) in [4.78, 5) is 0. The van der Waals surface area contributed by atoms with Gasteiger partial charge in [-0.1, -0.05) is 20.8 Å². The Balaban J connectivity index is 3.58. The third-order valence-corrected chi connectivity index (χ3v) is 4.36. The van der Waals surface area contributed by atoms with Gasteiger partial charge >= 0.3 is 0 Å². The first-order valence-corrected chi connectivity index (χ1v) is 6.57. The fourth-order valence-corrected chi connectivity index (χ4v) is 2.71. The van der Waals surface area contributed by atoms with Gasteiger partial charge in [0.15, 0.2) is 9.04 Å². The fraction of sp³-hybridized carbons (Fsp3) is 1.00. The van der Waals surface area contributed by atoms with Gasteiger partial charge in [-0.25, -0.2) is 0 Å². The first-order chi connectivity index (χ1) is 5.28. The first kappa shape index (κ1) is 11.1. The van der Waals surface area contributed by atoms with Crippen molar-refractivity contribution in [3.63, 3.8) is 0 Å². The topological polar surface area (TPSA) is 18.5 Å². The molecule has 0 aliphatic heterocycles. The van der Waals surface area contributed by atoms with Gasteiger partial charge < -0.3 is 9.16 Å². The zero-order valence-corrected chi connectivity index (χ0v) is 9.25. The zero-order chi connectivity index (χ0) is 8.69. The van der Waals surface area contributed by atoms with Crippen LogP contribution in [0.3, 0.4) is 0 Å². The molecular formula is C8H20O2Si. The molecule has 3 heteroatoms. The summed E-state index contributed by atoms with van der Waals surface area (Å²) in [5.74, 6) is 0. The average Bonchev–Trinajstić information content (AvgIpc) is 2.07. The summed E-state index contributed by atoms with van der Waals surface area (Å²) >= 11 is 0. The Morgan fingerprint density at radius 1 is 1.18 bits per heavy atom. The van der Waals surface area contributed by atoms with E-state index in [1.165, 1.54) is 12.1 Å². The molecular weight excluding hydrogens is 156 g/mol. The lowest BCUT2D eigenvalue weighted by molar-refractivity contribution is -0.0579. The van der Waals surface area contributed by atoms with Crippen molar-refractivity contribution < 1.29 is 9.16 Å². The van der Waals surface area contributed by atoms with Crippen LogP contribution in [0.4, 0.5) is 0 Å². The number of methoxy groups -OCH3 is 1. The Kier molecular flexibility index (Phi) is 6.91. The van der Waals surface area contributed by atoms with Gasteiger partial charge in [-0.05, 0) is 18.5 Å². The Bertz CT molecular complexity index is 70.2. The van der Waals surface area contributed by atoms with Gasteiger partial charge in [0.2, 0.25) is 0 Å². The van der Waals surface area contributed by atoms with Crippen molar-refractivity contribution in [2.45, 2.75) is 45.6 Å². The molecule has 0 spiro atoms. The standard InChI is InChI=1S/C8H20O2Si/c1-5-8(9-4)10-11(6-2)7-3/h8,11H,5-7H2,1-4H3. The minimum Gasteiger partial charge on any atom is -0.396 e. The van der Waals surface area contributed by atoms with Gasteiger partial charge in [-0.15, -0.1) is 0 Å². The molecule has 0 fully saturated rings. The second kappa shape index (κ2) is 6.82. The van der Waals surface area contributed by atoms with Crippen LogP contribution < -0.4 is 0 Å². The molecule has 2 nitrogen and oxygen atoms in total. The smallest absolute Gasteiger partial charge is 0.179 e. The highest BCUT2D eigenvalue weighted by atomic mass is 28.3. The predicted molar refractivity (Wildman–Crippen MR) is 50.3 cm³/mol. The lowest BCUT2D eigenvalue weighted by Crippen LogP contribution is -2.25. The van der Waals surface area contributed by atoms with Crippen molar-refractivity contribution >= 4 is 9.04 Å². The minimum absolute atomic E-state index is 0.0477. The van der Waals surface area contributed by atoms with E-state index >= 15 is 0 Å². The molecule has 0 bridgehead atoms. The highest BCUT2D eigenvalue weighted by Crippen LogP contribution is 2.07. The Hall–Kier alpha value is 0.137. The quantitative estimate of drug-likeness (QED) is 0.456. The SMILES string of the molecule is CCC(OC)O[SiH](CC)CC.